The highest BCUT2D eigenvalue weighted by molar-refractivity contribution is 6.57. The van der Waals surface area contributed by atoms with Crippen LogP contribution >= 0.6 is 0 Å². The SMILES string of the molecule is CO[Si](NCCO)(OC)OC. The van der Waals surface area contributed by atoms with Crippen LogP contribution in [0.15, 0.2) is 0 Å². The fraction of sp³-hybridized carbons (Fsp3) is 1.00. The van der Waals surface area contributed by atoms with E-state index in [1.807, 2.05) is 0 Å². The highest BCUT2D eigenvalue weighted by Gasteiger charge is 2.38. The molecular formula is C5H15NO4Si. The van der Waals surface area contributed by atoms with Gasteiger partial charge in [0.2, 0.25) is 0 Å². The number of aliphatic hydroxyl groups excluding tert-OH is 1. The van der Waals surface area contributed by atoms with E-state index in [9.17, 15) is 0 Å². The second-order valence-corrected chi connectivity index (χ2v) is 4.51. The molecule has 0 unspecified atom stereocenters. The summed E-state index contributed by atoms with van der Waals surface area (Å²) in [4.78, 5) is 2.85. The lowest BCUT2D eigenvalue weighted by Crippen LogP contribution is -2.57. The molecule has 2 N–H and O–H groups in total. The van der Waals surface area contributed by atoms with Crippen molar-refractivity contribution in [2.24, 2.45) is 0 Å². The maximum Gasteiger partial charge on any atom is 0.596 e. The summed E-state index contributed by atoms with van der Waals surface area (Å²) < 4.78 is 15.0. The van der Waals surface area contributed by atoms with Gasteiger partial charge in [0.05, 0.1) is 6.61 Å². The lowest BCUT2D eigenvalue weighted by atomic mass is 10.8. The summed E-state index contributed by atoms with van der Waals surface area (Å²) in [7, 11) is 1.86. The fourth-order valence-corrected chi connectivity index (χ4v) is 2.03. The molecule has 0 aliphatic rings. The Morgan fingerprint density at radius 1 is 1.18 bits per heavy atom. The first-order valence-corrected chi connectivity index (χ1v) is 4.98. The fourth-order valence-electron chi connectivity index (χ4n) is 0.676. The molecule has 0 spiro atoms. The number of hydrogen-bond donors (Lipinski definition) is 2. The summed E-state index contributed by atoms with van der Waals surface area (Å²) in [5, 5.41) is 8.51. The van der Waals surface area contributed by atoms with E-state index >= 15 is 0 Å². The molecular weight excluding hydrogens is 166 g/mol. The molecule has 11 heavy (non-hydrogen) atoms. The van der Waals surface area contributed by atoms with Crippen LogP contribution in [-0.2, 0) is 13.3 Å². The number of rotatable bonds is 6. The van der Waals surface area contributed by atoms with E-state index < -0.39 is 8.97 Å². The van der Waals surface area contributed by atoms with Crippen molar-refractivity contribution in [3.63, 3.8) is 0 Å². The van der Waals surface area contributed by atoms with Gasteiger partial charge in [0.1, 0.15) is 0 Å². The molecule has 0 atom stereocenters. The zero-order chi connectivity index (χ0) is 8.74. The highest BCUT2D eigenvalue weighted by atomic mass is 28.4. The molecule has 0 aromatic rings. The summed E-state index contributed by atoms with van der Waals surface area (Å²) in [5.41, 5.74) is 0. The number of nitrogens with one attached hydrogen (secondary N) is 1. The Kier molecular flexibility index (Phi) is 5.65. The van der Waals surface area contributed by atoms with Crippen molar-refractivity contribution in [3.8, 4) is 0 Å². The Morgan fingerprint density at radius 3 is 1.91 bits per heavy atom. The molecule has 0 fully saturated rings. The molecule has 0 saturated heterocycles. The van der Waals surface area contributed by atoms with Crippen LogP contribution in [0.2, 0.25) is 0 Å². The largest absolute Gasteiger partial charge is 0.596 e. The lowest BCUT2D eigenvalue weighted by Gasteiger charge is -2.23. The summed E-state index contributed by atoms with van der Waals surface area (Å²) in [5.74, 6) is 0. The van der Waals surface area contributed by atoms with Crippen LogP contribution < -0.4 is 4.98 Å². The quantitative estimate of drug-likeness (QED) is 0.512. The van der Waals surface area contributed by atoms with E-state index in [0.717, 1.165) is 0 Å². The molecule has 0 amide bonds. The molecule has 0 aliphatic carbocycles. The van der Waals surface area contributed by atoms with Crippen molar-refractivity contribution < 1.29 is 18.4 Å². The molecule has 0 aromatic heterocycles. The molecule has 0 bridgehead atoms. The monoisotopic (exact) mass is 181 g/mol. The zero-order valence-corrected chi connectivity index (χ0v) is 8.09. The molecule has 0 aliphatic heterocycles. The minimum atomic E-state index is -2.65. The first-order valence-electron chi connectivity index (χ1n) is 3.26. The topological polar surface area (TPSA) is 60.0 Å². The predicted octanol–water partition coefficient (Wildman–Crippen LogP) is -1.06. The normalized spacial score (nSPS) is 12.0. The van der Waals surface area contributed by atoms with Crippen LogP contribution in [0.25, 0.3) is 0 Å². The Morgan fingerprint density at radius 2 is 1.64 bits per heavy atom. The second-order valence-electron chi connectivity index (χ2n) is 1.82. The second kappa shape index (κ2) is 5.64. The predicted molar refractivity (Wildman–Crippen MR) is 41.9 cm³/mol. The standard InChI is InChI=1S/C5H15NO4Si/c1-8-11(9-2,10-3)6-4-5-7/h6-7H,4-5H2,1-3H3. The van der Waals surface area contributed by atoms with Gasteiger partial charge in [0, 0.05) is 27.9 Å². The zero-order valence-electron chi connectivity index (χ0n) is 7.09. The van der Waals surface area contributed by atoms with E-state index in [2.05, 4.69) is 4.98 Å². The van der Waals surface area contributed by atoms with E-state index in [1.165, 1.54) is 21.3 Å². The maximum absolute atomic E-state index is 8.51. The molecule has 5 nitrogen and oxygen atoms in total. The third kappa shape index (κ3) is 3.28. The van der Waals surface area contributed by atoms with Crippen molar-refractivity contribution in [1.82, 2.24) is 4.98 Å². The van der Waals surface area contributed by atoms with E-state index in [4.69, 9.17) is 18.4 Å². The molecule has 0 rings (SSSR count). The van der Waals surface area contributed by atoms with Crippen LogP contribution in [0.4, 0.5) is 0 Å². The summed E-state index contributed by atoms with van der Waals surface area (Å²) in [6.07, 6.45) is 0. The third-order valence-electron chi connectivity index (χ3n) is 1.26. The van der Waals surface area contributed by atoms with Crippen LogP contribution in [0.5, 0.6) is 0 Å². The smallest absolute Gasteiger partial charge is 0.395 e. The van der Waals surface area contributed by atoms with Crippen LogP contribution in [0, 0.1) is 0 Å². The first kappa shape index (κ1) is 11.0. The molecule has 0 aromatic carbocycles. The Bertz CT molecular complexity index is 90.2. The molecule has 6 heteroatoms. The van der Waals surface area contributed by atoms with Crippen LogP contribution in [0.3, 0.4) is 0 Å². The molecule has 0 heterocycles. The van der Waals surface area contributed by atoms with Gasteiger partial charge >= 0.3 is 8.97 Å². The van der Waals surface area contributed by atoms with Crippen molar-refractivity contribution in [3.05, 3.63) is 0 Å². The minimum Gasteiger partial charge on any atom is -0.395 e. The van der Waals surface area contributed by atoms with Gasteiger partial charge in [-0.25, -0.2) is 0 Å². The summed E-state index contributed by atoms with van der Waals surface area (Å²) in [6.45, 7) is 0.437. The van der Waals surface area contributed by atoms with E-state index in [1.54, 1.807) is 0 Å². The Hall–Kier alpha value is 0.0169. The maximum atomic E-state index is 8.51. The van der Waals surface area contributed by atoms with Gasteiger partial charge < -0.3 is 18.4 Å². The molecule has 0 saturated carbocycles. The van der Waals surface area contributed by atoms with Gasteiger partial charge in [-0.05, 0) is 0 Å². The average Bonchev–Trinajstić information content (AvgIpc) is 2.08. The Labute approximate surface area is 67.7 Å². The summed E-state index contributed by atoms with van der Waals surface area (Å²) in [6, 6.07) is 0. The van der Waals surface area contributed by atoms with Gasteiger partial charge in [0.25, 0.3) is 0 Å². The van der Waals surface area contributed by atoms with Gasteiger partial charge in [-0.3, -0.25) is 4.98 Å². The first-order chi connectivity index (χ1) is 5.24. The number of aliphatic hydroxyl groups is 1. The minimum absolute atomic E-state index is 0.0326. The van der Waals surface area contributed by atoms with Gasteiger partial charge in [-0.1, -0.05) is 0 Å². The third-order valence-corrected chi connectivity index (χ3v) is 3.55. The highest BCUT2D eigenvalue weighted by Crippen LogP contribution is 1.99. The number of hydrogen-bond acceptors (Lipinski definition) is 5. The van der Waals surface area contributed by atoms with E-state index in [0.29, 0.717) is 6.54 Å². The van der Waals surface area contributed by atoms with E-state index in [-0.39, 0.29) is 6.61 Å². The van der Waals surface area contributed by atoms with Crippen molar-refractivity contribution in [2.75, 3.05) is 34.5 Å². The van der Waals surface area contributed by atoms with Crippen molar-refractivity contribution >= 4 is 8.97 Å². The molecule has 0 radical (unpaired) electrons. The van der Waals surface area contributed by atoms with Gasteiger partial charge in [-0.2, -0.15) is 0 Å². The van der Waals surface area contributed by atoms with Crippen molar-refractivity contribution in [1.29, 1.82) is 0 Å². The van der Waals surface area contributed by atoms with Gasteiger partial charge in [-0.15, -0.1) is 0 Å². The molecule has 68 valence electrons. The van der Waals surface area contributed by atoms with Crippen LogP contribution in [0.1, 0.15) is 0 Å². The Balaban J connectivity index is 3.84. The van der Waals surface area contributed by atoms with Gasteiger partial charge in [0.15, 0.2) is 0 Å². The van der Waals surface area contributed by atoms with Crippen LogP contribution in [-0.4, -0.2) is 48.6 Å². The van der Waals surface area contributed by atoms with Crippen molar-refractivity contribution in [2.45, 2.75) is 0 Å². The lowest BCUT2D eigenvalue weighted by molar-refractivity contribution is 0.107. The summed E-state index contributed by atoms with van der Waals surface area (Å²) >= 11 is 0. The average molecular weight is 181 g/mol.